The molecule has 2 aliphatic rings. The van der Waals surface area contributed by atoms with Gasteiger partial charge in [0.05, 0.1) is 0 Å². The van der Waals surface area contributed by atoms with Gasteiger partial charge in [-0.3, -0.25) is 4.79 Å². The molecule has 4 rings (SSSR count). The molecule has 2 fully saturated rings. The summed E-state index contributed by atoms with van der Waals surface area (Å²) < 4.78 is 0. The first-order chi connectivity index (χ1) is 12.5. The number of aryl methyl sites for hydroxylation is 1. The van der Waals surface area contributed by atoms with E-state index in [0.29, 0.717) is 11.7 Å². The Bertz CT molecular complexity index is 784. The summed E-state index contributed by atoms with van der Waals surface area (Å²) in [6.07, 6.45) is 5.32. The summed E-state index contributed by atoms with van der Waals surface area (Å²) in [4.78, 5) is 14.1. The maximum atomic E-state index is 12.7. The molecule has 0 radical (unpaired) electrons. The molecule has 26 heavy (non-hydrogen) atoms. The highest BCUT2D eigenvalue weighted by molar-refractivity contribution is 5.80. The van der Waals surface area contributed by atoms with Gasteiger partial charge in [0.2, 0.25) is 11.7 Å². The Morgan fingerprint density at radius 1 is 1.19 bits per heavy atom. The monoisotopic (exact) mass is 353 g/mol. The number of hydrogen-bond acceptors (Lipinski definition) is 4. The van der Waals surface area contributed by atoms with Crippen molar-refractivity contribution in [2.24, 2.45) is 17.8 Å². The van der Waals surface area contributed by atoms with Crippen LogP contribution in [0, 0.1) is 24.7 Å². The van der Waals surface area contributed by atoms with E-state index in [1.807, 2.05) is 38.1 Å². The summed E-state index contributed by atoms with van der Waals surface area (Å²) in [5.74, 6) is 2.81. The third kappa shape index (κ3) is 3.24. The van der Waals surface area contributed by atoms with Crippen molar-refractivity contribution in [2.45, 2.75) is 58.5 Å². The number of carbonyl (C=O) groups excluding carboxylic acids is 1. The van der Waals surface area contributed by atoms with Gasteiger partial charge in [-0.05, 0) is 63.0 Å². The van der Waals surface area contributed by atoms with Crippen LogP contribution >= 0.6 is 0 Å². The second-order valence-corrected chi connectivity index (χ2v) is 8.11. The van der Waals surface area contributed by atoms with E-state index in [-0.39, 0.29) is 11.9 Å². The standard InChI is InChI=1S/C20H27N5O/c1-12-4-7-16(8-5-12)19-22-24-25(23-19)14(3)20(26)21-13(2)18-11-15-6-9-17(18)10-15/h4-5,7-8,13-15,17-18H,6,9-11H2,1-3H3,(H,21,26)/t13-,14-,15+,17+,18+/m1/s1. The molecule has 6 nitrogen and oxygen atoms in total. The summed E-state index contributed by atoms with van der Waals surface area (Å²) in [5.41, 5.74) is 2.09. The molecule has 0 aliphatic heterocycles. The molecule has 1 aromatic heterocycles. The Hall–Kier alpha value is -2.24. The van der Waals surface area contributed by atoms with Gasteiger partial charge in [0.25, 0.3) is 0 Å². The van der Waals surface area contributed by atoms with Crippen molar-refractivity contribution in [2.75, 3.05) is 0 Å². The largest absolute Gasteiger partial charge is 0.351 e. The van der Waals surface area contributed by atoms with Crippen molar-refractivity contribution in [1.82, 2.24) is 25.5 Å². The molecule has 6 heteroatoms. The number of amides is 1. The molecular formula is C20H27N5O. The lowest BCUT2D eigenvalue weighted by molar-refractivity contribution is -0.125. The van der Waals surface area contributed by atoms with Crippen LogP contribution in [0.25, 0.3) is 11.4 Å². The normalized spacial score (nSPS) is 26.7. The van der Waals surface area contributed by atoms with E-state index in [4.69, 9.17) is 0 Å². The molecular weight excluding hydrogens is 326 g/mol. The average molecular weight is 353 g/mol. The number of nitrogens with zero attached hydrogens (tertiary/aromatic N) is 4. The molecule has 2 aromatic rings. The SMILES string of the molecule is Cc1ccc(-c2nnn([C@H](C)C(=O)N[C@H](C)[C@@H]3C[C@H]4CC[C@H]3C4)n2)cc1. The maximum Gasteiger partial charge on any atom is 0.246 e. The summed E-state index contributed by atoms with van der Waals surface area (Å²) >= 11 is 0. The van der Waals surface area contributed by atoms with Gasteiger partial charge >= 0.3 is 0 Å². The molecule has 5 atom stereocenters. The van der Waals surface area contributed by atoms with E-state index in [0.717, 1.165) is 17.4 Å². The van der Waals surface area contributed by atoms with E-state index < -0.39 is 6.04 Å². The molecule has 1 heterocycles. The fourth-order valence-electron chi connectivity index (χ4n) is 4.67. The lowest BCUT2D eigenvalue weighted by Crippen LogP contribution is -2.43. The molecule has 1 amide bonds. The van der Waals surface area contributed by atoms with Crippen molar-refractivity contribution in [3.05, 3.63) is 29.8 Å². The predicted molar refractivity (Wildman–Crippen MR) is 99.2 cm³/mol. The number of carbonyl (C=O) groups is 1. The van der Waals surface area contributed by atoms with Gasteiger partial charge in [0.1, 0.15) is 6.04 Å². The molecule has 138 valence electrons. The Balaban J connectivity index is 1.40. The van der Waals surface area contributed by atoms with Gasteiger partial charge in [-0.25, -0.2) is 0 Å². The number of fused-ring (bicyclic) bond motifs is 2. The fourth-order valence-corrected chi connectivity index (χ4v) is 4.67. The Morgan fingerprint density at radius 2 is 1.96 bits per heavy atom. The predicted octanol–water partition coefficient (Wildman–Crippen LogP) is 3.15. The van der Waals surface area contributed by atoms with E-state index >= 15 is 0 Å². The lowest BCUT2D eigenvalue weighted by Gasteiger charge is -2.29. The van der Waals surface area contributed by atoms with Gasteiger partial charge in [-0.15, -0.1) is 10.2 Å². The Morgan fingerprint density at radius 3 is 2.62 bits per heavy atom. The highest BCUT2D eigenvalue weighted by atomic mass is 16.2. The van der Waals surface area contributed by atoms with E-state index in [1.54, 1.807) is 0 Å². The second kappa shape index (κ2) is 6.82. The van der Waals surface area contributed by atoms with Crippen LogP contribution in [0.4, 0.5) is 0 Å². The van der Waals surface area contributed by atoms with Crippen LogP contribution in [-0.4, -0.2) is 32.2 Å². The molecule has 2 bridgehead atoms. The Labute approximate surface area is 154 Å². The third-order valence-corrected chi connectivity index (χ3v) is 6.27. The average Bonchev–Trinajstić information content (AvgIpc) is 3.38. The minimum Gasteiger partial charge on any atom is -0.351 e. The van der Waals surface area contributed by atoms with Gasteiger partial charge < -0.3 is 5.32 Å². The van der Waals surface area contributed by atoms with Crippen LogP contribution in [0.3, 0.4) is 0 Å². The molecule has 0 spiro atoms. The van der Waals surface area contributed by atoms with Crippen molar-refractivity contribution in [3.8, 4) is 11.4 Å². The number of hydrogen-bond donors (Lipinski definition) is 1. The van der Waals surface area contributed by atoms with Crippen LogP contribution in [0.1, 0.15) is 51.1 Å². The quantitative estimate of drug-likeness (QED) is 0.896. The topological polar surface area (TPSA) is 72.7 Å². The first kappa shape index (κ1) is 17.2. The van der Waals surface area contributed by atoms with E-state index in [2.05, 4.69) is 27.7 Å². The van der Waals surface area contributed by atoms with Crippen LogP contribution in [0.2, 0.25) is 0 Å². The maximum absolute atomic E-state index is 12.7. The first-order valence-electron chi connectivity index (χ1n) is 9.68. The number of rotatable bonds is 5. The lowest BCUT2D eigenvalue weighted by atomic mass is 9.84. The smallest absolute Gasteiger partial charge is 0.246 e. The van der Waals surface area contributed by atoms with Crippen LogP contribution in [0.15, 0.2) is 24.3 Å². The summed E-state index contributed by atoms with van der Waals surface area (Å²) in [7, 11) is 0. The van der Waals surface area contributed by atoms with Gasteiger partial charge in [-0.2, -0.15) is 4.80 Å². The van der Waals surface area contributed by atoms with E-state index in [1.165, 1.54) is 36.0 Å². The molecule has 1 N–H and O–H groups in total. The number of aromatic nitrogens is 4. The van der Waals surface area contributed by atoms with Crippen LogP contribution < -0.4 is 5.32 Å². The van der Waals surface area contributed by atoms with Gasteiger partial charge in [0.15, 0.2) is 0 Å². The van der Waals surface area contributed by atoms with Crippen molar-refractivity contribution < 1.29 is 4.79 Å². The molecule has 0 unspecified atom stereocenters. The van der Waals surface area contributed by atoms with Crippen molar-refractivity contribution >= 4 is 5.91 Å². The highest BCUT2D eigenvalue weighted by Gasteiger charge is 2.42. The molecule has 2 saturated carbocycles. The highest BCUT2D eigenvalue weighted by Crippen LogP contribution is 2.49. The van der Waals surface area contributed by atoms with Gasteiger partial charge in [0, 0.05) is 11.6 Å². The summed E-state index contributed by atoms with van der Waals surface area (Å²) in [5, 5.41) is 15.8. The zero-order valence-electron chi connectivity index (χ0n) is 15.7. The van der Waals surface area contributed by atoms with Crippen molar-refractivity contribution in [3.63, 3.8) is 0 Å². The zero-order valence-corrected chi connectivity index (χ0v) is 15.7. The minimum absolute atomic E-state index is 0.0341. The molecule has 1 aromatic carbocycles. The van der Waals surface area contributed by atoms with Crippen molar-refractivity contribution in [1.29, 1.82) is 0 Å². The number of nitrogens with one attached hydrogen (secondary N) is 1. The molecule has 2 aliphatic carbocycles. The van der Waals surface area contributed by atoms with E-state index in [9.17, 15) is 4.79 Å². The fraction of sp³-hybridized carbons (Fsp3) is 0.600. The van der Waals surface area contributed by atoms with Gasteiger partial charge in [-0.1, -0.05) is 36.2 Å². The summed E-state index contributed by atoms with van der Waals surface area (Å²) in [6, 6.07) is 7.71. The second-order valence-electron chi connectivity index (χ2n) is 8.11. The Kier molecular flexibility index (Phi) is 4.51. The third-order valence-electron chi connectivity index (χ3n) is 6.27. The van der Waals surface area contributed by atoms with Crippen LogP contribution in [-0.2, 0) is 4.79 Å². The number of benzene rings is 1. The minimum atomic E-state index is -0.470. The van der Waals surface area contributed by atoms with Crippen LogP contribution in [0.5, 0.6) is 0 Å². The first-order valence-corrected chi connectivity index (χ1v) is 9.68. The number of tetrazole rings is 1. The molecule has 0 saturated heterocycles. The summed E-state index contributed by atoms with van der Waals surface area (Å²) in [6.45, 7) is 6.00. The zero-order chi connectivity index (χ0) is 18.3.